The summed E-state index contributed by atoms with van der Waals surface area (Å²) in [6, 6.07) is 1.63. The van der Waals surface area contributed by atoms with Crippen molar-refractivity contribution >= 4 is 5.97 Å². The van der Waals surface area contributed by atoms with Crippen LogP contribution >= 0.6 is 0 Å². The van der Waals surface area contributed by atoms with E-state index in [1.54, 1.807) is 13.0 Å². The largest absolute Gasteiger partial charge is 0.465 e. The third kappa shape index (κ3) is 1.96. The molecule has 2 N–H and O–H groups in total. The smallest absolute Gasteiger partial charge is 0.341 e. The molecule has 0 amide bonds. The van der Waals surface area contributed by atoms with E-state index in [2.05, 4.69) is 4.74 Å². The van der Waals surface area contributed by atoms with Gasteiger partial charge in [0.25, 0.3) is 0 Å². The zero-order valence-electron chi connectivity index (χ0n) is 8.88. The number of esters is 1. The predicted molar refractivity (Wildman–Crippen MR) is 52.0 cm³/mol. The molecular weight excluding hydrogens is 182 g/mol. The summed E-state index contributed by atoms with van der Waals surface area (Å²) < 4.78 is 9.98. The molecule has 0 aliphatic rings. The van der Waals surface area contributed by atoms with E-state index in [1.165, 1.54) is 7.11 Å². The van der Waals surface area contributed by atoms with Crippen molar-refractivity contribution in [2.45, 2.75) is 26.3 Å². The molecule has 1 rings (SSSR count). The molecule has 0 atom stereocenters. The van der Waals surface area contributed by atoms with E-state index in [0.717, 1.165) is 0 Å². The zero-order valence-corrected chi connectivity index (χ0v) is 8.88. The molecule has 78 valence electrons. The Morgan fingerprint density at radius 1 is 1.57 bits per heavy atom. The van der Waals surface area contributed by atoms with Gasteiger partial charge in [-0.1, -0.05) is 0 Å². The Kier molecular flexibility index (Phi) is 2.66. The minimum absolute atomic E-state index is 0.401. The lowest BCUT2D eigenvalue weighted by Crippen LogP contribution is -2.27. The number of furan rings is 1. The summed E-state index contributed by atoms with van der Waals surface area (Å²) >= 11 is 0. The molecule has 0 unspecified atom stereocenters. The monoisotopic (exact) mass is 197 g/mol. The fourth-order valence-electron chi connectivity index (χ4n) is 1.11. The molecule has 0 bridgehead atoms. The third-order valence-electron chi connectivity index (χ3n) is 1.96. The lowest BCUT2D eigenvalue weighted by molar-refractivity contribution is 0.0599. The molecule has 1 aromatic rings. The van der Waals surface area contributed by atoms with Crippen LogP contribution in [0.25, 0.3) is 0 Å². The van der Waals surface area contributed by atoms with Gasteiger partial charge < -0.3 is 14.9 Å². The van der Waals surface area contributed by atoms with Crippen LogP contribution in [0.1, 0.15) is 35.7 Å². The molecular formula is C10H15NO3. The Morgan fingerprint density at radius 3 is 2.50 bits per heavy atom. The molecule has 0 fully saturated rings. The SMILES string of the molecule is COC(=O)c1cc(C(C)(C)N)oc1C. The minimum Gasteiger partial charge on any atom is -0.465 e. The molecule has 0 aromatic carbocycles. The van der Waals surface area contributed by atoms with Crippen LogP contribution in [0.2, 0.25) is 0 Å². The fraction of sp³-hybridized carbons (Fsp3) is 0.500. The van der Waals surface area contributed by atoms with Gasteiger partial charge in [-0.3, -0.25) is 0 Å². The average Bonchev–Trinajstić information content (AvgIpc) is 2.45. The molecule has 0 saturated carbocycles. The van der Waals surface area contributed by atoms with Crippen molar-refractivity contribution in [1.29, 1.82) is 0 Å². The first-order valence-corrected chi connectivity index (χ1v) is 4.34. The van der Waals surface area contributed by atoms with Crippen LogP contribution in [-0.2, 0) is 10.3 Å². The van der Waals surface area contributed by atoms with Crippen molar-refractivity contribution in [3.8, 4) is 0 Å². The van der Waals surface area contributed by atoms with Gasteiger partial charge in [0.1, 0.15) is 17.1 Å². The van der Waals surface area contributed by atoms with E-state index in [4.69, 9.17) is 10.2 Å². The maximum Gasteiger partial charge on any atom is 0.341 e. The Balaban J connectivity index is 3.12. The molecule has 0 spiro atoms. The van der Waals surface area contributed by atoms with Crippen molar-refractivity contribution < 1.29 is 13.9 Å². The van der Waals surface area contributed by atoms with Crippen LogP contribution in [-0.4, -0.2) is 13.1 Å². The first-order valence-electron chi connectivity index (χ1n) is 4.34. The van der Waals surface area contributed by atoms with Crippen LogP contribution in [0.15, 0.2) is 10.5 Å². The van der Waals surface area contributed by atoms with E-state index in [1.807, 2.05) is 13.8 Å². The fourth-order valence-corrected chi connectivity index (χ4v) is 1.11. The van der Waals surface area contributed by atoms with Crippen molar-refractivity contribution in [2.75, 3.05) is 7.11 Å². The number of ether oxygens (including phenoxy) is 1. The number of carbonyl (C=O) groups excluding carboxylic acids is 1. The van der Waals surface area contributed by atoms with Gasteiger partial charge in [0.15, 0.2) is 0 Å². The molecule has 1 aromatic heterocycles. The molecule has 0 radical (unpaired) electrons. The van der Waals surface area contributed by atoms with E-state index in [-0.39, 0.29) is 0 Å². The zero-order chi connectivity index (χ0) is 10.9. The number of methoxy groups -OCH3 is 1. The van der Waals surface area contributed by atoms with Crippen molar-refractivity contribution in [2.24, 2.45) is 5.73 Å². The number of hydrogen-bond donors (Lipinski definition) is 1. The highest BCUT2D eigenvalue weighted by Crippen LogP contribution is 2.23. The molecule has 1 heterocycles. The van der Waals surface area contributed by atoms with Gasteiger partial charge in [-0.2, -0.15) is 0 Å². The molecule has 0 saturated heterocycles. The number of carbonyl (C=O) groups is 1. The van der Waals surface area contributed by atoms with E-state index in [9.17, 15) is 4.79 Å². The predicted octanol–water partition coefficient (Wildman–Crippen LogP) is 1.57. The lowest BCUT2D eigenvalue weighted by atomic mass is 10.0. The Labute approximate surface area is 83.0 Å². The molecule has 4 heteroatoms. The number of aryl methyl sites for hydroxylation is 1. The summed E-state index contributed by atoms with van der Waals surface area (Å²) in [6.45, 7) is 5.33. The average molecular weight is 197 g/mol. The highest BCUT2D eigenvalue weighted by molar-refractivity contribution is 5.90. The maximum atomic E-state index is 11.3. The standard InChI is InChI=1S/C10H15NO3/c1-6-7(9(12)13-4)5-8(14-6)10(2,3)11/h5H,11H2,1-4H3. The second-order valence-electron chi connectivity index (χ2n) is 3.79. The molecule has 14 heavy (non-hydrogen) atoms. The maximum absolute atomic E-state index is 11.3. The molecule has 0 aliphatic heterocycles. The molecule has 0 aliphatic carbocycles. The second-order valence-corrected chi connectivity index (χ2v) is 3.79. The van der Waals surface area contributed by atoms with Crippen LogP contribution in [0.4, 0.5) is 0 Å². The first kappa shape index (κ1) is 10.8. The quantitative estimate of drug-likeness (QED) is 0.731. The molecule has 4 nitrogen and oxygen atoms in total. The van der Waals surface area contributed by atoms with Crippen LogP contribution < -0.4 is 5.73 Å². The van der Waals surface area contributed by atoms with Crippen LogP contribution in [0.5, 0.6) is 0 Å². The summed E-state index contributed by atoms with van der Waals surface area (Å²) in [6.07, 6.45) is 0. The van der Waals surface area contributed by atoms with E-state index < -0.39 is 11.5 Å². The van der Waals surface area contributed by atoms with Crippen molar-refractivity contribution in [3.63, 3.8) is 0 Å². The van der Waals surface area contributed by atoms with Gasteiger partial charge in [0.2, 0.25) is 0 Å². The van der Waals surface area contributed by atoms with E-state index >= 15 is 0 Å². The normalized spacial score (nSPS) is 11.5. The van der Waals surface area contributed by atoms with Crippen LogP contribution in [0, 0.1) is 6.92 Å². The highest BCUT2D eigenvalue weighted by Gasteiger charge is 2.23. The van der Waals surface area contributed by atoms with Gasteiger partial charge in [-0.05, 0) is 26.8 Å². The van der Waals surface area contributed by atoms with Gasteiger partial charge in [0, 0.05) is 0 Å². The Morgan fingerprint density at radius 2 is 2.14 bits per heavy atom. The van der Waals surface area contributed by atoms with Crippen LogP contribution in [0.3, 0.4) is 0 Å². The van der Waals surface area contributed by atoms with Crippen molar-refractivity contribution in [1.82, 2.24) is 0 Å². The Bertz CT molecular complexity index is 347. The van der Waals surface area contributed by atoms with E-state index in [0.29, 0.717) is 17.1 Å². The highest BCUT2D eigenvalue weighted by atomic mass is 16.5. The van der Waals surface area contributed by atoms with Crippen molar-refractivity contribution in [3.05, 3.63) is 23.2 Å². The summed E-state index contributed by atoms with van der Waals surface area (Å²) in [7, 11) is 1.34. The van der Waals surface area contributed by atoms with Gasteiger partial charge in [0.05, 0.1) is 12.6 Å². The number of nitrogens with two attached hydrogens (primary N) is 1. The summed E-state index contributed by atoms with van der Waals surface area (Å²) in [5.74, 6) is 0.711. The third-order valence-corrected chi connectivity index (χ3v) is 1.96. The lowest BCUT2D eigenvalue weighted by Gasteiger charge is -2.14. The number of hydrogen-bond acceptors (Lipinski definition) is 4. The van der Waals surface area contributed by atoms with Gasteiger partial charge in [-0.15, -0.1) is 0 Å². The first-order chi connectivity index (χ1) is 6.36. The number of rotatable bonds is 2. The van der Waals surface area contributed by atoms with Gasteiger partial charge >= 0.3 is 5.97 Å². The second kappa shape index (κ2) is 3.46. The summed E-state index contributed by atoms with van der Waals surface area (Å²) in [5, 5.41) is 0. The van der Waals surface area contributed by atoms with Gasteiger partial charge in [-0.25, -0.2) is 4.79 Å². The summed E-state index contributed by atoms with van der Waals surface area (Å²) in [5.41, 5.74) is 5.68. The summed E-state index contributed by atoms with van der Waals surface area (Å²) in [4.78, 5) is 11.3. The minimum atomic E-state index is -0.586. The Hall–Kier alpha value is -1.29. The topological polar surface area (TPSA) is 65.5 Å².